The molecule has 32 heavy (non-hydrogen) atoms. The van der Waals surface area contributed by atoms with E-state index in [9.17, 15) is 9.59 Å². The fourth-order valence-corrected chi connectivity index (χ4v) is 3.62. The lowest BCUT2D eigenvalue weighted by molar-refractivity contribution is 0.102. The van der Waals surface area contributed by atoms with Gasteiger partial charge in [-0.2, -0.15) is 5.10 Å². The molecule has 4 rings (SSSR count). The van der Waals surface area contributed by atoms with Gasteiger partial charge in [-0.25, -0.2) is 4.68 Å². The Morgan fingerprint density at radius 2 is 1.41 bits per heavy atom. The van der Waals surface area contributed by atoms with Gasteiger partial charge in [-0.05, 0) is 57.0 Å². The number of amides is 1. The van der Waals surface area contributed by atoms with Gasteiger partial charge in [0.15, 0.2) is 0 Å². The molecule has 1 aromatic heterocycles. The monoisotopic (exact) mass is 423 g/mol. The lowest BCUT2D eigenvalue weighted by Gasteiger charge is -2.19. The van der Waals surface area contributed by atoms with Gasteiger partial charge in [0.1, 0.15) is 11.5 Å². The summed E-state index contributed by atoms with van der Waals surface area (Å²) in [5.41, 5.74) is 5.64. The van der Waals surface area contributed by atoms with Crippen molar-refractivity contribution >= 4 is 11.7 Å². The lowest BCUT2D eigenvalue weighted by Crippen LogP contribution is -2.25. The van der Waals surface area contributed by atoms with E-state index in [1.807, 2.05) is 87.5 Å². The van der Waals surface area contributed by atoms with Crippen LogP contribution in [0.1, 0.15) is 32.7 Å². The Labute approximate surface area is 187 Å². The highest BCUT2D eigenvalue weighted by Crippen LogP contribution is 2.28. The zero-order chi connectivity index (χ0) is 22.8. The Hall–Kier alpha value is -3.99. The Bertz CT molecular complexity index is 1350. The summed E-state index contributed by atoms with van der Waals surface area (Å²) < 4.78 is 1.64. The van der Waals surface area contributed by atoms with Crippen LogP contribution in [0.3, 0.4) is 0 Å². The van der Waals surface area contributed by atoms with Gasteiger partial charge in [-0.1, -0.05) is 65.7 Å². The van der Waals surface area contributed by atoms with Crippen molar-refractivity contribution in [2.75, 3.05) is 5.32 Å². The van der Waals surface area contributed by atoms with E-state index in [2.05, 4.69) is 10.4 Å². The van der Waals surface area contributed by atoms with E-state index in [0.717, 1.165) is 27.9 Å². The number of carbonyl (C=O) groups is 1. The molecule has 0 saturated carbocycles. The van der Waals surface area contributed by atoms with Crippen LogP contribution < -0.4 is 10.7 Å². The van der Waals surface area contributed by atoms with Gasteiger partial charge < -0.3 is 5.32 Å². The summed E-state index contributed by atoms with van der Waals surface area (Å²) in [6, 6.07) is 22.9. The Balaban J connectivity index is 1.97. The molecule has 0 spiro atoms. The SMILES string of the molecule is Cc1ccc(-c2c(NC(=O)c3ccccc3C)n(-c3ccc(C)cc3)nc(C)c2=O)cc1. The first-order valence-corrected chi connectivity index (χ1v) is 10.5. The number of rotatable bonds is 4. The third kappa shape index (κ3) is 4.10. The first kappa shape index (κ1) is 21.2. The van der Waals surface area contributed by atoms with Gasteiger partial charge in [-0.3, -0.25) is 9.59 Å². The summed E-state index contributed by atoms with van der Waals surface area (Å²) in [7, 11) is 0. The highest BCUT2D eigenvalue weighted by molar-refractivity contribution is 6.06. The van der Waals surface area contributed by atoms with Crippen LogP contribution in [0.5, 0.6) is 0 Å². The first-order chi connectivity index (χ1) is 15.3. The molecule has 0 unspecified atom stereocenters. The molecule has 0 aliphatic rings. The Kier molecular flexibility index (Phi) is 5.73. The molecule has 160 valence electrons. The van der Waals surface area contributed by atoms with E-state index in [1.165, 1.54) is 0 Å². The van der Waals surface area contributed by atoms with Crippen molar-refractivity contribution in [2.24, 2.45) is 0 Å². The fourth-order valence-electron chi connectivity index (χ4n) is 3.62. The van der Waals surface area contributed by atoms with Crippen molar-refractivity contribution in [1.29, 1.82) is 0 Å². The van der Waals surface area contributed by atoms with Gasteiger partial charge in [-0.15, -0.1) is 0 Å². The number of nitrogens with one attached hydrogen (secondary N) is 1. The van der Waals surface area contributed by atoms with Crippen LogP contribution in [0.15, 0.2) is 77.6 Å². The van der Waals surface area contributed by atoms with Crippen LogP contribution in [-0.4, -0.2) is 15.7 Å². The molecule has 0 saturated heterocycles. The highest BCUT2D eigenvalue weighted by atomic mass is 16.2. The molecule has 4 aromatic rings. The number of aryl methyl sites for hydroxylation is 4. The molecule has 0 atom stereocenters. The van der Waals surface area contributed by atoms with Crippen LogP contribution in [0, 0.1) is 27.7 Å². The quantitative estimate of drug-likeness (QED) is 0.479. The standard InChI is InChI=1S/C27H25N3O2/c1-17-9-13-21(14-10-17)24-25(31)20(4)29-30(22-15-11-18(2)12-16-22)26(24)28-27(32)23-8-6-5-7-19(23)3/h5-16H,1-4H3,(H,28,32). The molecule has 0 aliphatic carbocycles. The Morgan fingerprint density at radius 1 is 0.812 bits per heavy atom. The smallest absolute Gasteiger partial charge is 0.257 e. The molecule has 1 N–H and O–H groups in total. The van der Waals surface area contributed by atoms with E-state index in [-0.39, 0.29) is 11.3 Å². The summed E-state index contributed by atoms with van der Waals surface area (Å²) in [5, 5.41) is 7.53. The van der Waals surface area contributed by atoms with E-state index in [1.54, 1.807) is 17.7 Å². The molecule has 0 fully saturated rings. The largest absolute Gasteiger partial charge is 0.306 e. The minimum Gasteiger partial charge on any atom is -0.306 e. The molecule has 5 heteroatoms. The number of carbonyl (C=O) groups excluding carboxylic acids is 1. The number of anilines is 1. The summed E-state index contributed by atoms with van der Waals surface area (Å²) in [6.07, 6.45) is 0. The van der Waals surface area contributed by atoms with Gasteiger partial charge in [0, 0.05) is 5.56 Å². The predicted molar refractivity (Wildman–Crippen MR) is 129 cm³/mol. The molecule has 1 heterocycles. The maximum absolute atomic E-state index is 13.3. The van der Waals surface area contributed by atoms with Crippen molar-refractivity contribution in [3.63, 3.8) is 0 Å². The van der Waals surface area contributed by atoms with Crippen LogP contribution in [0.4, 0.5) is 5.82 Å². The molecule has 3 aromatic carbocycles. The average molecular weight is 424 g/mol. The molecule has 0 aliphatic heterocycles. The fraction of sp³-hybridized carbons (Fsp3) is 0.148. The van der Waals surface area contributed by atoms with Gasteiger partial charge in [0.2, 0.25) is 5.43 Å². The molecule has 0 bridgehead atoms. The van der Waals surface area contributed by atoms with Crippen LogP contribution in [0.2, 0.25) is 0 Å². The third-order valence-electron chi connectivity index (χ3n) is 5.49. The second kappa shape index (κ2) is 8.63. The second-order valence-corrected chi connectivity index (χ2v) is 8.02. The number of aromatic nitrogens is 2. The minimum absolute atomic E-state index is 0.211. The summed E-state index contributed by atoms with van der Waals surface area (Å²) in [4.78, 5) is 26.5. The summed E-state index contributed by atoms with van der Waals surface area (Å²) >= 11 is 0. The van der Waals surface area contributed by atoms with Gasteiger partial charge in [0.05, 0.1) is 11.3 Å². The Morgan fingerprint density at radius 3 is 2.03 bits per heavy atom. The second-order valence-electron chi connectivity index (χ2n) is 8.02. The van der Waals surface area contributed by atoms with E-state index < -0.39 is 0 Å². The third-order valence-corrected chi connectivity index (χ3v) is 5.49. The molecule has 0 radical (unpaired) electrons. The van der Waals surface area contributed by atoms with E-state index >= 15 is 0 Å². The van der Waals surface area contributed by atoms with Crippen LogP contribution >= 0.6 is 0 Å². The first-order valence-electron chi connectivity index (χ1n) is 10.5. The zero-order valence-electron chi connectivity index (χ0n) is 18.6. The van der Waals surface area contributed by atoms with Crippen molar-refractivity contribution in [2.45, 2.75) is 27.7 Å². The van der Waals surface area contributed by atoms with Crippen LogP contribution in [-0.2, 0) is 0 Å². The van der Waals surface area contributed by atoms with Gasteiger partial charge in [0.25, 0.3) is 5.91 Å². The molecule has 1 amide bonds. The molecular formula is C27H25N3O2. The molecule has 5 nitrogen and oxygen atoms in total. The van der Waals surface area contributed by atoms with Crippen molar-refractivity contribution in [1.82, 2.24) is 9.78 Å². The van der Waals surface area contributed by atoms with Crippen LogP contribution in [0.25, 0.3) is 16.8 Å². The maximum atomic E-state index is 13.3. The maximum Gasteiger partial charge on any atom is 0.257 e. The van der Waals surface area contributed by atoms with Gasteiger partial charge >= 0.3 is 0 Å². The molecular weight excluding hydrogens is 398 g/mol. The number of hydrogen-bond donors (Lipinski definition) is 1. The van der Waals surface area contributed by atoms with Crippen molar-refractivity contribution < 1.29 is 4.79 Å². The summed E-state index contributed by atoms with van der Waals surface area (Å²) in [6.45, 7) is 7.58. The highest BCUT2D eigenvalue weighted by Gasteiger charge is 2.21. The normalized spacial score (nSPS) is 10.8. The minimum atomic E-state index is -0.289. The number of nitrogens with zero attached hydrogens (tertiary/aromatic N) is 2. The van der Waals surface area contributed by atoms with Crippen molar-refractivity contribution in [3.8, 4) is 16.8 Å². The van der Waals surface area contributed by atoms with Crippen molar-refractivity contribution in [3.05, 3.63) is 111 Å². The lowest BCUT2D eigenvalue weighted by atomic mass is 10.0. The van der Waals surface area contributed by atoms with E-state index in [0.29, 0.717) is 22.6 Å². The number of hydrogen-bond acceptors (Lipinski definition) is 3. The summed E-state index contributed by atoms with van der Waals surface area (Å²) in [5.74, 6) is 0.0592. The number of benzene rings is 3. The average Bonchev–Trinajstić information content (AvgIpc) is 2.78. The predicted octanol–water partition coefficient (Wildman–Crippen LogP) is 5.39. The van der Waals surface area contributed by atoms with E-state index in [4.69, 9.17) is 0 Å². The topological polar surface area (TPSA) is 64.0 Å². The zero-order valence-corrected chi connectivity index (χ0v) is 18.6.